The fraction of sp³-hybridized carbons (Fsp3) is 0.167. The van der Waals surface area contributed by atoms with Crippen LogP contribution in [0.1, 0.15) is 28.2 Å². The largest absolute Gasteiger partial charge is 0.492 e. The molecule has 2 amide bonds. The van der Waals surface area contributed by atoms with Gasteiger partial charge >= 0.3 is 0 Å². The number of benzene rings is 3. The molecule has 1 N–H and O–H groups in total. The van der Waals surface area contributed by atoms with Gasteiger partial charge in [0.25, 0.3) is 11.6 Å². The maximum absolute atomic E-state index is 12.7. The van der Waals surface area contributed by atoms with Crippen LogP contribution in [0.25, 0.3) is 0 Å². The summed E-state index contributed by atoms with van der Waals surface area (Å²) < 4.78 is 5.72. The lowest BCUT2D eigenvalue weighted by Gasteiger charge is -2.26. The van der Waals surface area contributed by atoms with Crippen LogP contribution in [0.3, 0.4) is 0 Å². The minimum Gasteiger partial charge on any atom is -0.492 e. The zero-order valence-corrected chi connectivity index (χ0v) is 18.6. The number of carbonyl (C=O) groups is 2. The number of hydrogen-bond donors (Lipinski definition) is 1. The maximum atomic E-state index is 12.7. The van der Waals surface area contributed by atoms with Gasteiger partial charge in [0.2, 0.25) is 5.91 Å². The summed E-state index contributed by atoms with van der Waals surface area (Å²) in [5, 5.41) is 13.3. The lowest BCUT2D eigenvalue weighted by Crippen LogP contribution is -2.28. The van der Waals surface area contributed by atoms with Crippen LogP contribution < -0.4 is 15.0 Å². The Bertz CT molecular complexity index is 1180. The second-order valence-corrected chi connectivity index (χ2v) is 8.28. The molecule has 1 heterocycles. The summed E-state index contributed by atoms with van der Waals surface area (Å²) in [5.41, 5.74) is 2.48. The predicted octanol–water partition coefficient (Wildman–Crippen LogP) is 5.02. The van der Waals surface area contributed by atoms with Crippen LogP contribution in [0.15, 0.2) is 72.8 Å². The number of ether oxygens (including phenoxy) is 1. The number of nitro groups is 1. The quantitative estimate of drug-likeness (QED) is 0.390. The Hall–Kier alpha value is -3.85. The Morgan fingerprint density at radius 3 is 2.48 bits per heavy atom. The summed E-state index contributed by atoms with van der Waals surface area (Å²) in [6, 6.07) is 20.2. The van der Waals surface area contributed by atoms with Crippen molar-refractivity contribution >= 4 is 40.6 Å². The highest BCUT2D eigenvalue weighted by atomic mass is 32.2. The number of nitrogens with zero attached hydrogens (tertiary/aromatic N) is 2. The number of anilines is 2. The minimum absolute atomic E-state index is 0.00713. The zero-order chi connectivity index (χ0) is 23.4. The Balaban J connectivity index is 1.51. The predicted molar refractivity (Wildman–Crippen MR) is 128 cm³/mol. The van der Waals surface area contributed by atoms with E-state index in [0.29, 0.717) is 29.4 Å². The van der Waals surface area contributed by atoms with E-state index >= 15 is 0 Å². The first-order valence-corrected chi connectivity index (χ1v) is 11.3. The van der Waals surface area contributed by atoms with Crippen LogP contribution in [-0.4, -0.2) is 29.1 Å². The molecule has 0 spiro atoms. The number of non-ortho nitro benzene ring substituents is 1. The fourth-order valence-electron chi connectivity index (χ4n) is 3.53. The standard InChI is InChI=1S/C24H21N3O5S/c1-2-32-21-6-4-3-5-20(21)26-22(28)15-33-24(26)17-7-11-18(12-8-17)25-23(29)16-9-13-19(14-10-16)27(30)31/h3-14,24H,2,15H2,1H3,(H,25,29)/t24-/m0/s1. The van der Waals surface area contributed by atoms with E-state index in [0.717, 1.165) is 11.3 Å². The number of hydrogen-bond acceptors (Lipinski definition) is 6. The summed E-state index contributed by atoms with van der Waals surface area (Å²) in [6.07, 6.45) is 0. The molecule has 33 heavy (non-hydrogen) atoms. The van der Waals surface area contributed by atoms with Crippen LogP contribution in [0.2, 0.25) is 0 Å². The van der Waals surface area contributed by atoms with Crippen LogP contribution >= 0.6 is 11.8 Å². The van der Waals surface area contributed by atoms with E-state index in [1.165, 1.54) is 36.0 Å². The highest BCUT2D eigenvalue weighted by Gasteiger charge is 2.35. The number of nitrogens with one attached hydrogen (secondary N) is 1. The van der Waals surface area contributed by atoms with Crippen LogP contribution in [0.5, 0.6) is 5.75 Å². The van der Waals surface area contributed by atoms with Gasteiger partial charge in [0, 0.05) is 23.4 Å². The van der Waals surface area contributed by atoms with Crippen LogP contribution in [-0.2, 0) is 4.79 Å². The molecule has 1 saturated heterocycles. The molecule has 3 aromatic carbocycles. The van der Waals surface area contributed by atoms with Crippen molar-refractivity contribution in [2.24, 2.45) is 0 Å². The normalized spacial score (nSPS) is 15.4. The lowest BCUT2D eigenvalue weighted by molar-refractivity contribution is -0.384. The molecule has 8 nitrogen and oxygen atoms in total. The molecule has 168 valence electrons. The zero-order valence-electron chi connectivity index (χ0n) is 17.8. The topological polar surface area (TPSA) is 102 Å². The maximum Gasteiger partial charge on any atom is 0.269 e. The molecule has 3 aromatic rings. The molecule has 0 unspecified atom stereocenters. The molecule has 0 radical (unpaired) electrons. The van der Waals surface area contributed by atoms with Crippen molar-refractivity contribution in [3.8, 4) is 5.75 Å². The number of rotatable bonds is 7. The van der Waals surface area contributed by atoms with Crippen molar-refractivity contribution in [2.45, 2.75) is 12.3 Å². The molecule has 1 fully saturated rings. The van der Waals surface area contributed by atoms with E-state index in [1.807, 2.05) is 43.3 Å². The first kappa shape index (κ1) is 22.3. The van der Waals surface area contributed by atoms with Crippen molar-refractivity contribution in [1.29, 1.82) is 0 Å². The fourth-order valence-corrected chi connectivity index (χ4v) is 4.70. The van der Waals surface area contributed by atoms with Crippen LogP contribution in [0.4, 0.5) is 17.1 Å². The van der Waals surface area contributed by atoms with Gasteiger partial charge in [0.05, 0.1) is 23.0 Å². The molecule has 1 atom stereocenters. The first-order valence-electron chi connectivity index (χ1n) is 10.3. The summed E-state index contributed by atoms with van der Waals surface area (Å²) in [6.45, 7) is 2.40. The van der Waals surface area contributed by atoms with Crippen molar-refractivity contribution in [1.82, 2.24) is 0 Å². The number of para-hydroxylation sites is 2. The molecule has 0 aromatic heterocycles. The van der Waals surface area contributed by atoms with Crippen molar-refractivity contribution in [3.63, 3.8) is 0 Å². The van der Waals surface area contributed by atoms with E-state index in [9.17, 15) is 19.7 Å². The second kappa shape index (κ2) is 9.74. The van der Waals surface area contributed by atoms with Crippen LogP contribution in [0, 0.1) is 10.1 Å². The smallest absolute Gasteiger partial charge is 0.269 e. The summed E-state index contributed by atoms with van der Waals surface area (Å²) >= 11 is 1.53. The van der Waals surface area contributed by atoms with Crippen molar-refractivity contribution < 1.29 is 19.2 Å². The first-order chi connectivity index (χ1) is 16.0. The molecule has 9 heteroatoms. The van der Waals surface area contributed by atoms with Gasteiger partial charge in [-0.1, -0.05) is 24.3 Å². The molecular formula is C24H21N3O5S. The highest BCUT2D eigenvalue weighted by molar-refractivity contribution is 8.00. The third kappa shape index (κ3) is 4.83. The van der Waals surface area contributed by atoms with E-state index in [4.69, 9.17) is 4.74 Å². The third-order valence-electron chi connectivity index (χ3n) is 5.09. The van der Waals surface area contributed by atoms with Crippen molar-refractivity contribution in [3.05, 3.63) is 94.0 Å². The average Bonchev–Trinajstić information content (AvgIpc) is 3.21. The average molecular weight is 464 g/mol. The molecule has 0 saturated carbocycles. The van der Waals surface area contributed by atoms with Crippen molar-refractivity contribution in [2.75, 3.05) is 22.6 Å². The van der Waals surface area contributed by atoms with Gasteiger partial charge in [-0.25, -0.2) is 0 Å². The summed E-state index contributed by atoms with van der Waals surface area (Å²) in [5.74, 6) is 0.667. The van der Waals surface area contributed by atoms with Gasteiger partial charge in [-0.3, -0.25) is 24.6 Å². The van der Waals surface area contributed by atoms with Gasteiger partial charge in [-0.15, -0.1) is 11.8 Å². The van der Waals surface area contributed by atoms with E-state index in [2.05, 4.69) is 5.32 Å². The summed E-state index contributed by atoms with van der Waals surface area (Å²) in [4.78, 5) is 37.2. The minimum atomic E-state index is -0.512. The van der Waals surface area contributed by atoms with E-state index in [1.54, 1.807) is 17.0 Å². The number of carbonyl (C=O) groups excluding carboxylic acids is 2. The monoisotopic (exact) mass is 463 g/mol. The lowest BCUT2D eigenvalue weighted by atomic mass is 10.1. The summed E-state index contributed by atoms with van der Waals surface area (Å²) in [7, 11) is 0. The van der Waals surface area contributed by atoms with Gasteiger partial charge in [-0.05, 0) is 48.9 Å². The van der Waals surface area contributed by atoms with Gasteiger partial charge in [-0.2, -0.15) is 0 Å². The Morgan fingerprint density at radius 1 is 1.12 bits per heavy atom. The van der Waals surface area contributed by atoms with Gasteiger partial charge < -0.3 is 10.1 Å². The molecular weight excluding hydrogens is 442 g/mol. The second-order valence-electron chi connectivity index (χ2n) is 7.21. The van der Waals surface area contributed by atoms with Gasteiger partial charge in [0.1, 0.15) is 11.1 Å². The highest BCUT2D eigenvalue weighted by Crippen LogP contribution is 2.44. The Morgan fingerprint density at radius 2 is 1.82 bits per heavy atom. The number of nitro benzene ring substituents is 1. The van der Waals surface area contributed by atoms with E-state index in [-0.39, 0.29) is 22.9 Å². The van der Waals surface area contributed by atoms with E-state index < -0.39 is 4.92 Å². The number of thioether (sulfide) groups is 1. The number of amides is 2. The molecule has 4 rings (SSSR count). The molecule has 1 aliphatic heterocycles. The molecule has 1 aliphatic rings. The third-order valence-corrected chi connectivity index (χ3v) is 6.30. The molecule has 0 bridgehead atoms. The van der Waals surface area contributed by atoms with Gasteiger partial charge in [0.15, 0.2) is 0 Å². The SMILES string of the molecule is CCOc1ccccc1N1C(=O)CS[C@H]1c1ccc(NC(=O)c2ccc([N+](=O)[O-])cc2)cc1. The Kier molecular flexibility index (Phi) is 6.60. The Labute approximate surface area is 194 Å². The molecule has 0 aliphatic carbocycles.